The van der Waals surface area contributed by atoms with Gasteiger partial charge in [-0.1, -0.05) is 34.1 Å². The highest BCUT2D eigenvalue weighted by Gasteiger charge is 2.45. The smallest absolute Gasteiger partial charge is 0.241 e. The summed E-state index contributed by atoms with van der Waals surface area (Å²) in [7, 11) is 0. The van der Waals surface area contributed by atoms with Crippen LogP contribution in [0.15, 0.2) is 28.7 Å². The summed E-state index contributed by atoms with van der Waals surface area (Å²) in [6, 6.07) is 7.50. The molecule has 1 heterocycles. The van der Waals surface area contributed by atoms with Gasteiger partial charge in [-0.25, -0.2) is 0 Å². The number of amides is 2. The molecular weight excluding hydrogens is 316 g/mol. The van der Waals surface area contributed by atoms with Crippen LogP contribution in [-0.2, 0) is 16.0 Å². The standard InChI is InChI=1S/C12H11BrN2O2S/c1-12(6-7-4-2-3-5-8(7)13)9(16)14-11(18)15-10(12)17/h2-5H,6H2,1H3,(H2,14,15,16,17,18). The van der Waals surface area contributed by atoms with Crippen molar-refractivity contribution in [1.29, 1.82) is 0 Å². The summed E-state index contributed by atoms with van der Waals surface area (Å²) in [5, 5.41) is 5.03. The third kappa shape index (κ3) is 2.30. The summed E-state index contributed by atoms with van der Waals surface area (Å²) < 4.78 is 0.875. The van der Waals surface area contributed by atoms with E-state index < -0.39 is 5.41 Å². The molecule has 0 spiro atoms. The molecule has 0 radical (unpaired) electrons. The van der Waals surface area contributed by atoms with E-state index in [0.29, 0.717) is 6.42 Å². The first-order valence-corrected chi connectivity index (χ1v) is 6.54. The van der Waals surface area contributed by atoms with E-state index in [9.17, 15) is 9.59 Å². The van der Waals surface area contributed by atoms with Crippen LogP contribution in [0.2, 0.25) is 0 Å². The van der Waals surface area contributed by atoms with Gasteiger partial charge in [0.1, 0.15) is 5.41 Å². The highest BCUT2D eigenvalue weighted by Crippen LogP contribution is 2.29. The molecule has 0 aliphatic carbocycles. The van der Waals surface area contributed by atoms with Crippen LogP contribution < -0.4 is 10.6 Å². The average Bonchev–Trinajstić information content (AvgIpc) is 2.30. The van der Waals surface area contributed by atoms with E-state index in [2.05, 4.69) is 26.6 Å². The van der Waals surface area contributed by atoms with E-state index in [0.717, 1.165) is 10.0 Å². The molecule has 1 aliphatic rings. The zero-order valence-corrected chi connectivity index (χ0v) is 12.0. The summed E-state index contributed by atoms with van der Waals surface area (Å²) in [4.78, 5) is 24.0. The van der Waals surface area contributed by atoms with Crippen LogP contribution >= 0.6 is 28.1 Å². The Labute approximate surface area is 118 Å². The Morgan fingerprint density at radius 2 is 1.78 bits per heavy atom. The maximum absolute atomic E-state index is 12.0. The van der Waals surface area contributed by atoms with E-state index in [-0.39, 0.29) is 16.9 Å². The van der Waals surface area contributed by atoms with Gasteiger partial charge in [0.05, 0.1) is 0 Å². The number of rotatable bonds is 2. The molecule has 94 valence electrons. The van der Waals surface area contributed by atoms with Crippen LogP contribution in [0.3, 0.4) is 0 Å². The summed E-state index contributed by atoms with van der Waals surface area (Å²) >= 11 is 8.19. The maximum Gasteiger partial charge on any atom is 0.241 e. The Balaban J connectivity index is 2.32. The van der Waals surface area contributed by atoms with Gasteiger partial charge in [-0.05, 0) is 37.2 Å². The molecule has 1 saturated heterocycles. The van der Waals surface area contributed by atoms with E-state index in [1.54, 1.807) is 6.92 Å². The summed E-state index contributed by atoms with van der Waals surface area (Å²) in [5.41, 5.74) is -0.246. The third-order valence-corrected chi connectivity index (χ3v) is 3.94. The van der Waals surface area contributed by atoms with Gasteiger partial charge in [-0.3, -0.25) is 9.59 Å². The fraction of sp³-hybridized carbons (Fsp3) is 0.250. The lowest BCUT2D eigenvalue weighted by Gasteiger charge is -2.32. The van der Waals surface area contributed by atoms with Crippen LogP contribution in [0.1, 0.15) is 12.5 Å². The van der Waals surface area contributed by atoms with Crippen molar-refractivity contribution in [3.8, 4) is 0 Å². The van der Waals surface area contributed by atoms with Crippen molar-refractivity contribution >= 4 is 45.1 Å². The number of hydrogen-bond donors (Lipinski definition) is 2. The normalized spacial score (nSPS) is 18.2. The second kappa shape index (κ2) is 4.78. The van der Waals surface area contributed by atoms with E-state index >= 15 is 0 Å². The van der Waals surface area contributed by atoms with Gasteiger partial charge in [-0.15, -0.1) is 0 Å². The summed E-state index contributed by atoms with van der Waals surface area (Å²) in [5.74, 6) is -0.737. The molecule has 1 fully saturated rings. The first-order chi connectivity index (χ1) is 8.43. The monoisotopic (exact) mass is 326 g/mol. The molecule has 2 N–H and O–H groups in total. The van der Waals surface area contributed by atoms with Gasteiger partial charge in [0.25, 0.3) is 0 Å². The predicted molar refractivity (Wildman–Crippen MR) is 74.8 cm³/mol. The van der Waals surface area contributed by atoms with Crippen molar-refractivity contribution in [2.45, 2.75) is 13.3 Å². The van der Waals surface area contributed by atoms with E-state index in [1.807, 2.05) is 24.3 Å². The van der Waals surface area contributed by atoms with Crippen LogP contribution in [0, 0.1) is 5.41 Å². The number of hydrogen-bond acceptors (Lipinski definition) is 3. The zero-order valence-electron chi connectivity index (χ0n) is 9.62. The molecule has 18 heavy (non-hydrogen) atoms. The maximum atomic E-state index is 12.0. The molecule has 1 aliphatic heterocycles. The Hall–Kier alpha value is -1.27. The first kappa shape index (κ1) is 13.2. The predicted octanol–water partition coefficient (Wildman–Crippen LogP) is 1.53. The van der Waals surface area contributed by atoms with Crippen molar-refractivity contribution in [2.24, 2.45) is 5.41 Å². The summed E-state index contributed by atoms with van der Waals surface area (Å²) in [6.45, 7) is 1.61. The highest BCUT2D eigenvalue weighted by molar-refractivity contribution is 9.10. The van der Waals surface area contributed by atoms with Crippen molar-refractivity contribution in [2.75, 3.05) is 0 Å². The van der Waals surface area contributed by atoms with Crippen molar-refractivity contribution in [3.63, 3.8) is 0 Å². The highest BCUT2D eigenvalue weighted by atomic mass is 79.9. The molecule has 6 heteroatoms. The van der Waals surface area contributed by atoms with Gasteiger partial charge < -0.3 is 10.6 Å². The SMILES string of the molecule is CC1(Cc2ccccc2Br)C(=O)NC(=S)NC1=O. The molecule has 0 bridgehead atoms. The van der Waals surface area contributed by atoms with Gasteiger partial charge in [0.2, 0.25) is 11.8 Å². The van der Waals surface area contributed by atoms with Crippen LogP contribution in [0.25, 0.3) is 0 Å². The lowest BCUT2D eigenvalue weighted by atomic mass is 9.81. The minimum absolute atomic E-state index is 0.0644. The lowest BCUT2D eigenvalue weighted by Crippen LogP contribution is -2.61. The van der Waals surface area contributed by atoms with Gasteiger partial charge >= 0.3 is 0 Å². The Bertz CT molecular complexity index is 525. The number of carbonyl (C=O) groups excluding carboxylic acids is 2. The molecule has 0 atom stereocenters. The average molecular weight is 327 g/mol. The molecule has 1 aromatic rings. The fourth-order valence-electron chi connectivity index (χ4n) is 1.80. The largest absolute Gasteiger partial charge is 0.302 e. The molecule has 0 unspecified atom stereocenters. The minimum atomic E-state index is -1.15. The zero-order chi connectivity index (χ0) is 13.3. The quantitative estimate of drug-likeness (QED) is 0.640. The Morgan fingerprint density at radius 1 is 1.22 bits per heavy atom. The minimum Gasteiger partial charge on any atom is -0.302 e. The molecule has 0 aromatic heterocycles. The van der Waals surface area contributed by atoms with E-state index in [4.69, 9.17) is 12.2 Å². The Kier molecular flexibility index (Phi) is 3.49. The van der Waals surface area contributed by atoms with Gasteiger partial charge in [0.15, 0.2) is 5.11 Å². The van der Waals surface area contributed by atoms with Crippen molar-refractivity contribution < 1.29 is 9.59 Å². The topological polar surface area (TPSA) is 58.2 Å². The third-order valence-electron chi connectivity index (χ3n) is 2.96. The second-order valence-corrected chi connectivity index (χ2v) is 5.60. The van der Waals surface area contributed by atoms with Crippen molar-refractivity contribution in [3.05, 3.63) is 34.3 Å². The molecular formula is C12H11BrN2O2S. The number of thiocarbonyl (C=S) groups is 1. The van der Waals surface area contributed by atoms with Crippen LogP contribution in [0.5, 0.6) is 0 Å². The first-order valence-electron chi connectivity index (χ1n) is 5.34. The second-order valence-electron chi connectivity index (χ2n) is 4.34. The lowest BCUT2D eigenvalue weighted by molar-refractivity contribution is -0.142. The summed E-state index contributed by atoms with van der Waals surface area (Å²) in [6.07, 6.45) is 0.314. The molecule has 4 nitrogen and oxygen atoms in total. The number of nitrogens with one attached hydrogen (secondary N) is 2. The van der Waals surface area contributed by atoms with E-state index in [1.165, 1.54) is 0 Å². The molecule has 1 aromatic carbocycles. The molecule has 2 rings (SSSR count). The number of carbonyl (C=O) groups is 2. The number of halogens is 1. The molecule has 0 saturated carbocycles. The van der Waals surface area contributed by atoms with Crippen molar-refractivity contribution in [1.82, 2.24) is 10.6 Å². The van der Waals surface area contributed by atoms with Gasteiger partial charge in [0, 0.05) is 4.47 Å². The number of benzene rings is 1. The molecule has 2 amide bonds. The fourth-order valence-corrected chi connectivity index (χ4v) is 2.41. The van der Waals surface area contributed by atoms with Crippen LogP contribution in [-0.4, -0.2) is 16.9 Å². The van der Waals surface area contributed by atoms with Gasteiger partial charge in [-0.2, -0.15) is 0 Å². The van der Waals surface area contributed by atoms with Crippen LogP contribution in [0.4, 0.5) is 0 Å². The Morgan fingerprint density at radius 3 is 2.33 bits per heavy atom.